The van der Waals surface area contributed by atoms with E-state index in [0.29, 0.717) is 49.2 Å². The van der Waals surface area contributed by atoms with Gasteiger partial charge >= 0.3 is 0 Å². The summed E-state index contributed by atoms with van der Waals surface area (Å²) in [5, 5.41) is 1.59. The number of hydrogen-bond acceptors (Lipinski definition) is 0. The predicted molar refractivity (Wildman–Crippen MR) is 140 cm³/mol. The van der Waals surface area contributed by atoms with E-state index in [0.717, 1.165) is 33.0 Å². The molecular formula is C22H24Cl8. The van der Waals surface area contributed by atoms with Crippen molar-refractivity contribution in [3.8, 4) is 0 Å². The molecule has 4 unspecified atom stereocenters. The van der Waals surface area contributed by atoms with E-state index >= 15 is 0 Å². The minimum absolute atomic E-state index is 0.157. The van der Waals surface area contributed by atoms with Gasteiger partial charge in [-0.1, -0.05) is 24.3 Å². The Morgan fingerprint density at radius 2 is 0.633 bits per heavy atom. The molecule has 0 radical (unpaired) electrons. The molecule has 2 aromatic carbocycles. The standard InChI is InChI=1S/C22H24Cl8/c23-9-19(27)5-15-1-13-2-17(7-21(29)11-25)18(8-22(30)12-26)4-14(13)3-16(15)6-20(28)10-24/h1-4,19-22H,5-12H2. The summed E-state index contributed by atoms with van der Waals surface area (Å²) >= 11 is 49.3. The maximum absolute atomic E-state index is 6.36. The molecule has 30 heavy (non-hydrogen) atoms. The van der Waals surface area contributed by atoms with E-state index < -0.39 is 0 Å². The molecule has 0 fully saturated rings. The first-order valence-corrected chi connectivity index (χ1v) is 13.6. The smallest absolute Gasteiger partial charge is 0.0511 e. The Morgan fingerprint density at radius 1 is 0.433 bits per heavy atom. The van der Waals surface area contributed by atoms with Crippen LogP contribution in [0.15, 0.2) is 24.3 Å². The van der Waals surface area contributed by atoms with Gasteiger partial charge in [-0.3, -0.25) is 0 Å². The van der Waals surface area contributed by atoms with Gasteiger partial charge in [0.1, 0.15) is 0 Å². The third kappa shape index (κ3) is 8.11. The van der Waals surface area contributed by atoms with Crippen LogP contribution in [0.2, 0.25) is 0 Å². The van der Waals surface area contributed by atoms with Crippen LogP contribution in [0.25, 0.3) is 10.8 Å². The molecule has 0 N–H and O–H groups in total. The van der Waals surface area contributed by atoms with Crippen LogP contribution in [-0.2, 0) is 25.7 Å². The van der Waals surface area contributed by atoms with Gasteiger partial charge in [0, 0.05) is 23.5 Å². The van der Waals surface area contributed by atoms with E-state index in [1.54, 1.807) is 0 Å². The number of hydrogen-bond donors (Lipinski definition) is 0. The molecule has 0 aliphatic rings. The van der Waals surface area contributed by atoms with E-state index in [1.165, 1.54) is 0 Å². The molecule has 2 aromatic rings. The number of halogens is 8. The molecule has 0 spiro atoms. The molecule has 0 aliphatic carbocycles. The van der Waals surface area contributed by atoms with Crippen molar-refractivity contribution in [1.29, 1.82) is 0 Å². The maximum Gasteiger partial charge on any atom is 0.0511 e. The third-order valence-corrected chi connectivity index (χ3v) is 8.27. The summed E-state index contributed by atoms with van der Waals surface area (Å²) in [6, 6.07) is 8.67. The monoisotopic (exact) mass is 568 g/mol. The third-order valence-electron chi connectivity index (χ3n) is 4.91. The van der Waals surface area contributed by atoms with Crippen molar-refractivity contribution in [2.45, 2.75) is 47.2 Å². The maximum atomic E-state index is 6.36. The summed E-state index contributed by atoms with van der Waals surface area (Å²) in [5.41, 5.74) is 4.53. The van der Waals surface area contributed by atoms with Crippen molar-refractivity contribution in [2.75, 3.05) is 23.5 Å². The van der Waals surface area contributed by atoms with Crippen LogP contribution < -0.4 is 0 Å². The molecule has 0 aliphatic heterocycles. The molecular weight excluding hydrogens is 548 g/mol. The average molecular weight is 572 g/mol. The topological polar surface area (TPSA) is 0 Å². The van der Waals surface area contributed by atoms with Gasteiger partial charge in [-0.25, -0.2) is 0 Å². The summed E-state index contributed by atoms with van der Waals surface area (Å²) < 4.78 is 0. The summed E-state index contributed by atoms with van der Waals surface area (Å²) in [6.45, 7) is 0. The van der Waals surface area contributed by atoms with Gasteiger partial charge in [0.15, 0.2) is 0 Å². The van der Waals surface area contributed by atoms with Crippen LogP contribution >= 0.6 is 92.8 Å². The Morgan fingerprint density at radius 3 is 0.800 bits per heavy atom. The van der Waals surface area contributed by atoms with Gasteiger partial charge in [-0.05, 0) is 58.7 Å². The second-order valence-electron chi connectivity index (χ2n) is 7.41. The Hall–Kier alpha value is 1.02. The van der Waals surface area contributed by atoms with Crippen molar-refractivity contribution in [3.63, 3.8) is 0 Å². The zero-order valence-corrected chi connectivity index (χ0v) is 22.3. The lowest BCUT2D eigenvalue weighted by Gasteiger charge is -2.19. The molecule has 0 nitrogen and oxygen atoms in total. The van der Waals surface area contributed by atoms with Gasteiger partial charge in [0.05, 0.1) is 21.5 Å². The lowest BCUT2D eigenvalue weighted by molar-refractivity contribution is 0.873. The lowest BCUT2D eigenvalue weighted by Crippen LogP contribution is -2.13. The molecule has 0 aromatic heterocycles. The van der Waals surface area contributed by atoms with Gasteiger partial charge < -0.3 is 0 Å². The average Bonchev–Trinajstić information content (AvgIpc) is 2.74. The lowest BCUT2D eigenvalue weighted by atomic mass is 9.90. The van der Waals surface area contributed by atoms with E-state index in [9.17, 15) is 0 Å². The van der Waals surface area contributed by atoms with Crippen molar-refractivity contribution in [2.24, 2.45) is 0 Å². The quantitative estimate of drug-likeness (QED) is 0.224. The second-order valence-corrected chi connectivity index (χ2v) is 11.1. The SMILES string of the molecule is ClCC(Cl)Cc1cc2cc(CC(Cl)CCl)c(CC(Cl)CCl)cc2cc1CC(Cl)CCl. The molecule has 168 valence electrons. The summed E-state index contributed by atoms with van der Waals surface area (Å²) in [6.07, 6.45) is 2.65. The number of rotatable bonds is 12. The van der Waals surface area contributed by atoms with Crippen molar-refractivity contribution in [1.82, 2.24) is 0 Å². The summed E-state index contributed by atoms with van der Waals surface area (Å²) in [4.78, 5) is 0. The fourth-order valence-electron chi connectivity index (χ4n) is 3.47. The number of benzene rings is 2. The predicted octanol–water partition coefficient (Wildman–Crippen LogP) is 8.39. The highest BCUT2D eigenvalue weighted by molar-refractivity contribution is 6.29. The number of alkyl halides is 8. The normalized spacial score (nSPS) is 15.9. The Balaban J connectivity index is 2.58. The molecule has 0 heterocycles. The molecule has 0 saturated heterocycles. The van der Waals surface area contributed by atoms with Crippen molar-refractivity contribution in [3.05, 3.63) is 46.5 Å². The van der Waals surface area contributed by atoms with Gasteiger partial charge in [0.25, 0.3) is 0 Å². The first-order valence-electron chi connectivity index (χ1n) is 9.68. The molecule has 4 atom stereocenters. The minimum atomic E-state index is -0.157. The van der Waals surface area contributed by atoms with Gasteiger partial charge in [-0.15, -0.1) is 92.8 Å². The fraction of sp³-hybridized carbons (Fsp3) is 0.545. The molecule has 8 heteroatoms. The second kappa shape index (κ2) is 13.7. The summed E-state index contributed by atoms with van der Waals surface area (Å²) in [7, 11) is 0. The van der Waals surface area contributed by atoms with Crippen LogP contribution in [-0.4, -0.2) is 45.0 Å². The molecule has 2 rings (SSSR count). The zero-order chi connectivity index (χ0) is 22.3. The Labute approximate surface area is 219 Å². The van der Waals surface area contributed by atoms with Crippen molar-refractivity contribution < 1.29 is 0 Å². The minimum Gasteiger partial charge on any atom is -0.125 e. The highest BCUT2D eigenvalue weighted by atomic mass is 35.5. The molecule has 0 saturated carbocycles. The Bertz CT molecular complexity index is 680. The molecule has 0 amide bonds. The fourth-order valence-corrected chi connectivity index (χ4v) is 4.57. The van der Waals surface area contributed by atoms with E-state index in [1.807, 2.05) is 0 Å². The Kier molecular flexibility index (Phi) is 12.4. The zero-order valence-electron chi connectivity index (χ0n) is 16.3. The highest BCUT2D eigenvalue weighted by Crippen LogP contribution is 2.30. The van der Waals surface area contributed by atoms with E-state index in [-0.39, 0.29) is 21.5 Å². The van der Waals surface area contributed by atoms with Crippen LogP contribution in [0.5, 0.6) is 0 Å². The van der Waals surface area contributed by atoms with Crippen LogP contribution in [0.1, 0.15) is 22.3 Å². The van der Waals surface area contributed by atoms with Crippen LogP contribution in [0.3, 0.4) is 0 Å². The van der Waals surface area contributed by atoms with Gasteiger partial charge in [-0.2, -0.15) is 0 Å². The summed E-state index contributed by atoms with van der Waals surface area (Å²) in [5.74, 6) is 1.51. The first-order chi connectivity index (χ1) is 14.3. The highest BCUT2D eigenvalue weighted by Gasteiger charge is 2.17. The first kappa shape index (κ1) is 27.3. The van der Waals surface area contributed by atoms with E-state index in [2.05, 4.69) is 24.3 Å². The van der Waals surface area contributed by atoms with Crippen LogP contribution in [0, 0.1) is 0 Å². The van der Waals surface area contributed by atoms with Gasteiger partial charge in [0.2, 0.25) is 0 Å². The van der Waals surface area contributed by atoms with Crippen LogP contribution in [0.4, 0.5) is 0 Å². The number of fused-ring (bicyclic) bond motifs is 1. The molecule has 0 bridgehead atoms. The largest absolute Gasteiger partial charge is 0.125 e. The van der Waals surface area contributed by atoms with Crippen molar-refractivity contribution >= 4 is 104 Å². The van der Waals surface area contributed by atoms with E-state index in [4.69, 9.17) is 92.8 Å².